The number of aliphatic hydroxyl groups excluding tert-OH is 1. The van der Waals surface area contributed by atoms with Crippen LogP contribution in [0.3, 0.4) is 0 Å². The summed E-state index contributed by atoms with van der Waals surface area (Å²) in [6.07, 6.45) is -0.191. The molecule has 0 spiro atoms. The standard InChI is InChI=1S/C20H21F2NO3.2C19H19F2NO3.C19H20FNO3.C15H17F2NO3.C14H17F2NO4/c1-12-2-3-14(9-17(12)22)8-15(20(25)26)11-19(24)18(23)10-13-4-6-16(21)7-5-13;20-15-7-5-12(6-8-15)9-17(22)18(23)11-14(19(24)25)10-13-3-1-2-4-16(13)21;20-15-7-6-13(9-16(15)21)8-14(19(24)25)11-18(23)17(22)10-12-4-2-1-3-5-12;20-16-9-5-4-8-14(16)11-15(19(23)24)12-18(22)17(21)10-13-6-2-1-3-7-13;16-11-4-3-9(7-12(11)17)6-10(15(20)21)8-14(19)13-2-1-5-18-13;1-7(18)13(17)12(19)6-9(14(20)21)4-8-2-3-10(15)11(16)5-8/h2-7,9,15,18H,8,10-11,23H2,1H3,(H,25,26);1-8,14,17H,9-11,22H2,(H,24,25);1-7,9,14,17H,8,10-11,22H2,(H,24,25);1-9,15,17H,10-12,21H2,(H,23,24);3-4,7,10,13,18H,1-2,5-6,8H2,(H,20,21);2-3,5,7,9,13,18H,4,6,17H2,1H3,(H,20,21)/t;;14?,17-;15?,17-;10?,13-;7-,9?,13+/m..0000/s1. The summed E-state index contributed by atoms with van der Waals surface area (Å²) < 4.78 is 145. The lowest BCUT2D eigenvalue weighted by molar-refractivity contribution is -0.144. The number of carboxylic acids is 6. The molecule has 0 aliphatic carbocycles. The van der Waals surface area contributed by atoms with E-state index in [0.717, 1.165) is 66.9 Å². The van der Waals surface area contributed by atoms with Crippen LogP contribution in [-0.4, -0.2) is 155 Å². The SMILES string of the molecule is C[C@H](O)[C@@H](N)C(=O)CC(Cc1ccc(F)c(F)c1)C(=O)O.Cc1ccc(CC(CC(=O)C(N)Cc2ccc(F)cc2)C(=O)O)cc1F.NC(Cc1ccc(F)cc1)C(=O)CC(Cc1ccccc1F)C(=O)O.N[C@@H](Cc1ccccc1)C(=O)CC(Cc1ccc(F)c(F)c1)C(=O)O.N[C@@H](Cc1ccccc1)C(=O)CC(Cc1ccccc1F)C(=O)O.O=C(O)C(CC(=O)[C@@H]1CCCN1)Cc1ccc(F)c(F)c1. The van der Waals surface area contributed by atoms with Crippen LogP contribution in [-0.2, 0) is 122 Å². The summed E-state index contributed by atoms with van der Waals surface area (Å²) in [5, 5.41) is 67.9. The molecule has 0 bridgehead atoms. The van der Waals surface area contributed by atoms with E-state index in [-0.39, 0.29) is 142 Å². The molecule has 0 saturated carbocycles. The predicted octanol–water partition coefficient (Wildman–Crippen LogP) is 13.9. The van der Waals surface area contributed by atoms with Gasteiger partial charge in [-0.2, -0.15) is 0 Å². The number of benzene rings is 10. The summed E-state index contributed by atoms with van der Waals surface area (Å²) >= 11 is 0. The highest BCUT2D eigenvalue weighted by Gasteiger charge is 2.34. The molecule has 13 atom stereocenters. The molecule has 18 N–H and O–H groups in total. The number of nitrogens with one attached hydrogen (secondary N) is 1. The van der Waals surface area contributed by atoms with E-state index in [1.807, 2.05) is 60.7 Å². The molecule has 36 heteroatoms. The topological polar surface area (TPSA) is 489 Å². The molecule has 0 amide bonds. The molecule has 10 aromatic carbocycles. The Morgan fingerprint density at radius 1 is 0.296 bits per heavy atom. The van der Waals surface area contributed by atoms with Crippen molar-refractivity contribution in [3.8, 4) is 0 Å². The number of aliphatic hydroxyl groups is 1. The maximum Gasteiger partial charge on any atom is 0.307 e. The van der Waals surface area contributed by atoms with Crippen LogP contribution in [0.5, 0.6) is 0 Å². The van der Waals surface area contributed by atoms with E-state index < -0.39 is 177 Å². The predicted molar refractivity (Wildman–Crippen MR) is 503 cm³/mol. The van der Waals surface area contributed by atoms with Crippen LogP contribution in [0.25, 0.3) is 0 Å². The molecular formula is C106H113F11N6O19. The second kappa shape index (κ2) is 58.9. The number of hydrogen-bond acceptors (Lipinski definition) is 19. The minimum absolute atomic E-state index is 0.00495. The van der Waals surface area contributed by atoms with Crippen molar-refractivity contribution in [1.29, 1.82) is 0 Å². The molecule has 1 aliphatic heterocycles. The van der Waals surface area contributed by atoms with E-state index in [1.165, 1.54) is 116 Å². The first kappa shape index (κ1) is 117. The zero-order valence-electron chi connectivity index (χ0n) is 77.5. The maximum atomic E-state index is 13.7. The Labute approximate surface area is 811 Å². The van der Waals surface area contributed by atoms with Gasteiger partial charge in [0.15, 0.2) is 69.6 Å². The molecule has 1 aliphatic rings. The number of ketones is 6. The Balaban J connectivity index is 0.000000261. The van der Waals surface area contributed by atoms with Crippen LogP contribution in [0, 0.1) is 106 Å². The molecule has 142 heavy (non-hydrogen) atoms. The van der Waals surface area contributed by atoms with Crippen LogP contribution < -0.4 is 34.0 Å². The third-order valence-electron chi connectivity index (χ3n) is 23.1. The van der Waals surface area contributed by atoms with Gasteiger partial charge in [-0.15, -0.1) is 0 Å². The summed E-state index contributed by atoms with van der Waals surface area (Å²) in [6.45, 7) is 3.71. The molecule has 758 valence electrons. The van der Waals surface area contributed by atoms with Gasteiger partial charge in [0.2, 0.25) is 0 Å². The zero-order valence-corrected chi connectivity index (χ0v) is 77.5. The fourth-order valence-electron chi connectivity index (χ4n) is 14.8. The minimum Gasteiger partial charge on any atom is -0.481 e. The van der Waals surface area contributed by atoms with E-state index >= 15 is 0 Å². The van der Waals surface area contributed by atoms with Crippen LogP contribution >= 0.6 is 0 Å². The van der Waals surface area contributed by atoms with Gasteiger partial charge in [0.25, 0.3) is 0 Å². The Kier molecular flexibility index (Phi) is 48.4. The Morgan fingerprint density at radius 3 is 0.831 bits per heavy atom. The van der Waals surface area contributed by atoms with Crippen molar-refractivity contribution in [2.75, 3.05) is 6.54 Å². The second-order valence-electron chi connectivity index (χ2n) is 34.4. The average molecular weight is 1980 g/mol. The van der Waals surface area contributed by atoms with Gasteiger partial charge in [0, 0.05) is 38.5 Å². The van der Waals surface area contributed by atoms with Crippen LogP contribution in [0.4, 0.5) is 48.3 Å². The fraction of sp³-hybridized carbons (Fsp3) is 0.321. The van der Waals surface area contributed by atoms with Crippen molar-refractivity contribution in [3.05, 3.63) is 356 Å². The van der Waals surface area contributed by atoms with E-state index in [1.54, 1.807) is 31.2 Å². The molecular weight excluding hydrogens is 1870 g/mol. The van der Waals surface area contributed by atoms with E-state index in [2.05, 4.69) is 5.32 Å². The summed E-state index contributed by atoms with van der Waals surface area (Å²) in [7, 11) is 0. The van der Waals surface area contributed by atoms with E-state index in [9.17, 15) is 136 Å². The molecule has 25 nitrogen and oxygen atoms in total. The first-order valence-corrected chi connectivity index (χ1v) is 45.0. The highest BCUT2D eigenvalue weighted by atomic mass is 19.2. The molecule has 10 aromatic rings. The van der Waals surface area contributed by atoms with Crippen LogP contribution in [0.2, 0.25) is 0 Å². The number of carbonyl (C=O) groups excluding carboxylic acids is 6. The van der Waals surface area contributed by atoms with Gasteiger partial charge < -0.3 is 69.7 Å². The summed E-state index contributed by atoms with van der Waals surface area (Å²) in [4.78, 5) is 141. The lowest BCUT2D eigenvalue weighted by Crippen LogP contribution is -2.41. The van der Waals surface area contributed by atoms with Crippen molar-refractivity contribution in [2.24, 2.45) is 64.2 Å². The zero-order chi connectivity index (χ0) is 105. The monoisotopic (exact) mass is 1980 g/mol. The Hall–Kier alpha value is -14.0. The Bertz CT molecular complexity index is 5810. The Morgan fingerprint density at radius 2 is 0.556 bits per heavy atom. The molecule has 8 unspecified atom stereocenters. The minimum atomic E-state index is -1.24. The van der Waals surface area contributed by atoms with E-state index in [4.69, 9.17) is 33.8 Å². The molecule has 0 radical (unpaired) electrons. The van der Waals surface area contributed by atoms with Gasteiger partial charge in [0.1, 0.15) is 29.1 Å². The summed E-state index contributed by atoms with van der Waals surface area (Å²) in [5.41, 5.74) is 34.6. The highest BCUT2D eigenvalue weighted by Crippen LogP contribution is 2.27. The quantitative estimate of drug-likeness (QED) is 0.0158. The van der Waals surface area contributed by atoms with Gasteiger partial charge in [-0.05, 0) is 238 Å². The van der Waals surface area contributed by atoms with Crippen LogP contribution in [0.1, 0.15) is 119 Å². The molecule has 0 aromatic heterocycles. The first-order valence-electron chi connectivity index (χ1n) is 45.0. The number of hydrogen-bond donors (Lipinski definition) is 13. The number of carboxylic acid groups (broad SMARTS) is 6. The number of rotatable bonds is 45. The average Bonchev–Trinajstić information content (AvgIpc) is 0.921. The largest absolute Gasteiger partial charge is 0.481 e. The molecule has 1 fully saturated rings. The number of Topliss-reactive ketones (excluding diaryl/α,β-unsaturated/α-hetero) is 6. The smallest absolute Gasteiger partial charge is 0.307 e. The number of nitrogens with two attached hydrogens (primary N) is 5. The number of aliphatic carboxylic acids is 6. The van der Waals surface area contributed by atoms with Crippen molar-refractivity contribution in [1.82, 2.24) is 5.32 Å². The van der Waals surface area contributed by atoms with Crippen molar-refractivity contribution in [3.63, 3.8) is 0 Å². The van der Waals surface area contributed by atoms with Gasteiger partial charge in [-0.25, -0.2) is 48.3 Å². The normalized spacial score (nSPS) is 14.5. The highest BCUT2D eigenvalue weighted by molar-refractivity contribution is 5.92. The number of halogens is 11. The first-order chi connectivity index (χ1) is 67.1. The third kappa shape index (κ3) is 41.0. The maximum absolute atomic E-state index is 13.7. The lowest BCUT2D eigenvalue weighted by Gasteiger charge is -2.17. The lowest BCUT2D eigenvalue weighted by atomic mass is 9.90. The second-order valence-corrected chi connectivity index (χ2v) is 34.4. The van der Waals surface area contributed by atoms with Crippen molar-refractivity contribution >= 4 is 70.5 Å². The van der Waals surface area contributed by atoms with Gasteiger partial charge in [-0.1, -0.05) is 152 Å². The van der Waals surface area contributed by atoms with Gasteiger partial charge >= 0.3 is 35.8 Å². The van der Waals surface area contributed by atoms with E-state index in [0.29, 0.717) is 46.2 Å². The molecule has 1 heterocycles. The summed E-state index contributed by atoms with van der Waals surface area (Å²) in [5.74, 6) is -23.6. The molecule has 1 saturated heterocycles. The molecule has 11 rings (SSSR count). The van der Waals surface area contributed by atoms with Crippen molar-refractivity contribution in [2.45, 2.75) is 172 Å². The summed E-state index contributed by atoms with van der Waals surface area (Å²) in [6, 6.07) is 50.7. The van der Waals surface area contributed by atoms with Gasteiger partial charge in [-0.3, -0.25) is 57.5 Å². The third-order valence-corrected chi connectivity index (χ3v) is 23.1. The van der Waals surface area contributed by atoms with Crippen LogP contribution in [0.15, 0.2) is 231 Å². The van der Waals surface area contributed by atoms with Crippen molar-refractivity contribution < 1.29 is 142 Å². The fourth-order valence-corrected chi connectivity index (χ4v) is 14.8. The number of aryl methyl sites for hydroxylation is 1. The van der Waals surface area contributed by atoms with Gasteiger partial charge in [0.05, 0.1) is 77.9 Å². The number of carbonyl (C=O) groups is 12.